The van der Waals surface area contributed by atoms with Crippen LogP contribution in [0.1, 0.15) is 25.7 Å². The summed E-state index contributed by atoms with van der Waals surface area (Å²) in [6, 6.07) is 2.38. The fourth-order valence-electron chi connectivity index (χ4n) is 2.29. The number of benzene rings is 1. The van der Waals surface area contributed by atoms with Crippen LogP contribution >= 0.6 is 34.8 Å². The largest absolute Gasteiger partial charge is 0.481 e. The zero-order valence-corrected chi connectivity index (χ0v) is 13.1. The first-order valence-corrected chi connectivity index (χ1v) is 7.40. The summed E-state index contributed by atoms with van der Waals surface area (Å²) in [7, 11) is 0. The van der Waals surface area contributed by atoms with Gasteiger partial charge in [-0.3, -0.25) is 4.79 Å². The zero-order chi connectivity index (χ0) is 15.6. The minimum atomic E-state index is -0.947. The molecule has 21 heavy (non-hydrogen) atoms. The molecule has 1 fully saturated rings. The van der Waals surface area contributed by atoms with Gasteiger partial charge >= 0.3 is 12.0 Å². The Balaban J connectivity index is 2.07. The third-order valence-corrected chi connectivity index (χ3v) is 4.24. The van der Waals surface area contributed by atoms with Gasteiger partial charge in [-0.1, -0.05) is 34.8 Å². The maximum absolute atomic E-state index is 12.0. The third kappa shape index (κ3) is 3.93. The van der Waals surface area contributed by atoms with Crippen LogP contribution in [0.2, 0.25) is 15.1 Å². The molecule has 114 valence electrons. The molecular formula is C13H13Cl3N2O3. The van der Waals surface area contributed by atoms with Crippen molar-refractivity contribution in [3.05, 3.63) is 27.2 Å². The molecule has 8 heteroatoms. The van der Waals surface area contributed by atoms with Gasteiger partial charge in [-0.15, -0.1) is 0 Å². The van der Waals surface area contributed by atoms with E-state index in [1.807, 2.05) is 0 Å². The smallest absolute Gasteiger partial charge is 0.319 e. The molecule has 0 spiro atoms. The minimum absolute atomic E-state index is 0.109. The summed E-state index contributed by atoms with van der Waals surface area (Å²) in [5.41, 5.74) is -0.452. The summed E-state index contributed by atoms with van der Waals surface area (Å²) >= 11 is 17.7. The number of nitrogens with one attached hydrogen (secondary N) is 2. The molecule has 1 aromatic carbocycles. The molecule has 5 nitrogen and oxygen atoms in total. The summed E-state index contributed by atoms with van der Waals surface area (Å²) in [5, 5.41) is 14.9. The normalized spacial score (nSPS) is 16.0. The minimum Gasteiger partial charge on any atom is -0.481 e. The van der Waals surface area contributed by atoms with Crippen molar-refractivity contribution in [3.8, 4) is 0 Å². The van der Waals surface area contributed by atoms with Crippen molar-refractivity contribution in [3.63, 3.8) is 0 Å². The first-order valence-electron chi connectivity index (χ1n) is 6.27. The van der Waals surface area contributed by atoms with E-state index in [0.717, 1.165) is 6.42 Å². The Morgan fingerprint density at radius 3 is 2.19 bits per heavy atom. The van der Waals surface area contributed by atoms with Gasteiger partial charge in [0.25, 0.3) is 0 Å². The van der Waals surface area contributed by atoms with E-state index in [2.05, 4.69) is 10.6 Å². The quantitative estimate of drug-likeness (QED) is 0.762. The van der Waals surface area contributed by atoms with Crippen molar-refractivity contribution < 1.29 is 14.7 Å². The number of carboxylic acid groups (broad SMARTS) is 1. The van der Waals surface area contributed by atoms with Crippen LogP contribution in [0.15, 0.2) is 12.1 Å². The molecule has 3 N–H and O–H groups in total. The van der Waals surface area contributed by atoms with Crippen LogP contribution in [-0.2, 0) is 4.79 Å². The summed E-state index contributed by atoms with van der Waals surface area (Å²) in [6.45, 7) is 0. The van der Waals surface area contributed by atoms with Gasteiger partial charge in [0.15, 0.2) is 0 Å². The summed E-state index contributed by atoms with van der Waals surface area (Å²) < 4.78 is 0. The average Bonchev–Trinajstić information content (AvgIpc) is 2.30. The van der Waals surface area contributed by atoms with E-state index in [4.69, 9.17) is 39.9 Å². The Morgan fingerprint density at radius 1 is 1.19 bits per heavy atom. The highest BCUT2D eigenvalue weighted by molar-refractivity contribution is 6.42. The van der Waals surface area contributed by atoms with E-state index >= 15 is 0 Å². The fourth-order valence-corrected chi connectivity index (χ4v) is 3.20. The van der Waals surface area contributed by atoms with Crippen LogP contribution in [0, 0.1) is 0 Å². The van der Waals surface area contributed by atoms with Crippen LogP contribution in [-0.4, -0.2) is 22.6 Å². The van der Waals surface area contributed by atoms with E-state index in [1.54, 1.807) is 0 Å². The molecule has 0 bridgehead atoms. The second-order valence-corrected chi connectivity index (χ2v) is 6.28. The second-order valence-electron chi connectivity index (χ2n) is 5.03. The molecule has 1 aliphatic rings. The fraction of sp³-hybridized carbons (Fsp3) is 0.385. The van der Waals surface area contributed by atoms with E-state index in [1.165, 1.54) is 12.1 Å². The van der Waals surface area contributed by atoms with Gasteiger partial charge in [0.2, 0.25) is 0 Å². The topological polar surface area (TPSA) is 78.4 Å². The van der Waals surface area contributed by atoms with Crippen molar-refractivity contribution in [1.29, 1.82) is 0 Å². The number of urea groups is 1. The number of carboxylic acids is 1. The first kappa shape index (κ1) is 16.2. The van der Waals surface area contributed by atoms with Crippen LogP contribution in [0.3, 0.4) is 0 Å². The van der Waals surface area contributed by atoms with Gasteiger partial charge in [0.05, 0.1) is 27.7 Å². The number of hydrogen-bond donors (Lipinski definition) is 3. The van der Waals surface area contributed by atoms with Crippen LogP contribution in [0.4, 0.5) is 10.5 Å². The Bertz CT molecular complexity index is 565. The van der Waals surface area contributed by atoms with Gasteiger partial charge in [-0.25, -0.2) is 4.79 Å². The molecule has 0 aliphatic heterocycles. The summed E-state index contributed by atoms with van der Waals surface area (Å²) in [6.07, 6.45) is 2.04. The number of carbonyl (C=O) groups is 2. The predicted molar refractivity (Wildman–Crippen MR) is 82.5 cm³/mol. The Labute approximate surface area is 136 Å². The van der Waals surface area contributed by atoms with Crippen molar-refractivity contribution in [1.82, 2.24) is 5.32 Å². The average molecular weight is 352 g/mol. The van der Waals surface area contributed by atoms with Gasteiger partial charge in [-0.2, -0.15) is 0 Å². The van der Waals surface area contributed by atoms with E-state index in [9.17, 15) is 9.59 Å². The molecular weight excluding hydrogens is 339 g/mol. The molecule has 0 radical (unpaired) electrons. The molecule has 0 atom stereocenters. The molecule has 2 rings (SSSR count). The Hall–Kier alpha value is -1.17. The van der Waals surface area contributed by atoms with E-state index < -0.39 is 17.5 Å². The van der Waals surface area contributed by atoms with Gasteiger partial charge in [0.1, 0.15) is 0 Å². The SMILES string of the molecule is O=C(O)CC1(NC(=O)Nc2c(Cl)cc(Cl)cc2Cl)CCC1. The number of aliphatic carboxylic acids is 1. The van der Waals surface area contributed by atoms with Crippen molar-refractivity contribution >= 4 is 52.5 Å². The number of carbonyl (C=O) groups excluding carboxylic acids is 1. The lowest BCUT2D eigenvalue weighted by Crippen LogP contribution is -2.55. The number of amides is 2. The lowest BCUT2D eigenvalue weighted by atomic mass is 9.74. The Kier molecular flexibility index (Phi) is 4.86. The maximum atomic E-state index is 12.0. The standard InChI is InChI=1S/C13H13Cl3N2O3/c14-7-4-8(15)11(9(16)5-7)17-12(21)18-13(2-1-3-13)6-10(19)20/h4-5H,1-3,6H2,(H,19,20)(H2,17,18,21). The number of rotatable bonds is 4. The molecule has 0 aromatic heterocycles. The summed E-state index contributed by atoms with van der Waals surface area (Å²) in [5.74, 6) is -0.947. The van der Waals surface area contributed by atoms with Crippen molar-refractivity contribution in [2.45, 2.75) is 31.2 Å². The molecule has 1 saturated carbocycles. The third-order valence-electron chi connectivity index (χ3n) is 3.42. The van der Waals surface area contributed by atoms with Crippen LogP contribution in [0.25, 0.3) is 0 Å². The van der Waals surface area contributed by atoms with E-state index in [0.29, 0.717) is 17.9 Å². The van der Waals surface area contributed by atoms with Crippen molar-refractivity contribution in [2.24, 2.45) is 0 Å². The highest BCUT2D eigenvalue weighted by Crippen LogP contribution is 2.36. The van der Waals surface area contributed by atoms with Gasteiger partial charge < -0.3 is 15.7 Å². The number of halogens is 3. The molecule has 2 amide bonds. The molecule has 0 saturated heterocycles. The molecule has 1 aromatic rings. The van der Waals surface area contributed by atoms with E-state index in [-0.39, 0.29) is 22.2 Å². The summed E-state index contributed by atoms with van der Waals surface area (Å²) in [4.78, 5) is 22.9. The number of hydrogen-bond acceptors (Lipinski definition) is 2. The Morgan fingerprint density at radius 2 is 1.76 bits per heavy atom. The lowest BCUT2D eigenvalue weighted by Gasteiger charge is -2.41. The molecule has 1 aliphatic carbocycles. The monoisotopic (exact) mass is 350 g/mol. The highest BCUT2D eigenvalue weighted by Gasteiger charge is 2.40. The lowest BCUT2D eigenvalue weighted by molar-refractivity contribution is -0.139. The van der Waals surface area contributed by atoms with Crippen molar-refractivity contribution in [2.75, 3.05) is 5.32 Å². The second kappa shape index (κ2) is 6.30. The van der Waals surface area contributed by atoms with Gasteiger partial charge in [0, 0.05) is 5.02 Å². The maximum Gasteiger partial charge on any atom is 0.319 e. The van der Waals surface area contributed by atoms with Crippen LogP contribution < -0.4 is 10.6 Å². The van der Waals surface area contributed by atoms with Gasteiger partial charge in [-0.05, 0) is 31.4 Å². The predicted octanol–water partition coefficient (Wildman–Crippen LogP) is 4.17. The molecule has 0 unspecified atom stereocenters. The zero-order valence-electron chi connectivity index (χ0n) is 10.9. The highest BCUT2D eigenvalue weighted by atomic mass is 35.5. The van der Waals surface area contributed by atoms with Crippen LogP contribution in [0.5, 0.6) is 0 Å². The number of anilines is 1. The molecule has 0 heterocycles. The first-order chi connectivity index (χ1) is 9.81.